The fraction of sp³-hybridized carbons (Fsp3) is 0.643. The largest absolute Gasteiger partial charge is 0.344 e. The van der Waals surface area contributed by atoms with Gasteiger partial charge in [0, 0.05) is 24.3 Å². The molecule has 3 heterocycles. The van der Waals surface area contributed by atoms with Crippen molar-refractivity contribution in [2.45, 2.75) is 46.1 Å². The first-order valence-corrected chi connectivity index (χ1v) is 8.08. The Bertz CT molecular complexity index is 677. The number of hydrogen-bond donors (Lipinski definition) is 0. The van der Waals surface area contributed by atoms with Crippen LogP contribution >= 0.6 is 11.3 Å². The van der Waals surface area contributed by atoms with Crippen LogP contribution in [-0.4, -0.2) is 27.2 Å². The lowest BCUT2D eigenvalue weighted by Gasteiger charge is -2.21. The molecule has 2 aromatic heterocycles. The van der Waals surface area contributed by atoms with Crippen LogP contribution in [0.3, 0.4) is 0 Å². The molecule has 1 aliphatic heterocycles. The van der Waals surface area contributed by atoms with Crippen LogP contribution in [0.4, 0.5) is 5.13 Å². The van der Waals surface area contributed by atoms with Crippen molar-refractivity contribution >= 4 is 21.4 Å². The van der Waals surface area contributed by atoms with Crippen molar-refractivity contribution in [1.82, 2.24) is 14.6 Å². The second-order valence-electron chi connectivity index (χ2n) is 5.61. The van der Waals surface area contributed by atoms with Gasteiger partial charge in [-0.1, -0.05) is 31.6 Å². The third-order valence-corrected chi connectivity index (χ3v) is 5.13. The van der Waals surface area contributed by atoms with Crippen LogP contribution in [0.2, 0.25) is 0 Å². The van der Waals surface area contributed by atoms with Gasteiger partial charge in [-0.2, -0.15) is 4.52 Å². The molecule has 0 amide bonds. The molecule has 0 saturated carbocycles. The average Bonchev–Trinajstić information content (AvgIpc) is 2.95. The fourth-order valence-electron chi connectivity index (χ4n) is 2.71. The van der Waals surface area contributed by atoms with Crippen LogP contribution in [0.1, 0.15) is 39.3 Å². The van der Waals surface area contributed by atoms with Gasteiger partial charge in [0.25, 0.3) is 5.56 Å². The predicted octanol–water partition coefficient (Wildman–Crippen LogP) is 2.34. The molecule has 0 radical (unpaired) electrons. The molecule has 2 aromatic rings. The number of rotatable bonds is 3. The maximum absolute atomic E-state index is 12.1. The lowest BCUT2D eigenvalue weighted by atomic mass is 10.1. The van der Waals surface area contributed by atoms with E-state index in [0.29, 0.717) is 16.9 Å². The van der Waals surface area contributed by atoms with E-state index >= 15 is 0 Å². The Morgan fingerprint density at radius 1 is 1.45 bits per heavy atom. The molecule has 1 fully saturated rings. The lowest BCUT2D eigenvalue weighted by molar-refractivity contribution is 0.545. The first-order valence-electron chi connectivity index (χ1n) is 7.26. The maximum atomic E-state index is 12.1. The van der Waals surface area contributed by atoms with Gasteiger partial charge in [0.05, 0.1) is 0 Å². The number of hydrogen-bond acceptors (Lipinski definition) is 5. The minimum absolute atomic E-state index is 0.0687. The van der Waals surface area contributed by atoms with E-state index in [2.05, 4.69) is 35.8 Å². The molecule has 5 nitrogen and oxygen atoms in total. The van der Waals surface area contributed by atoms with Gasteiger partial charge < -0.3 is 4.90 Å². The van der Waals surface area contributed by atoms with E-state index in [9.17, 15) is 4.79 Å². The summed E-state index contributed by atoms with van der Waals surface area (Å²) in [6.45, 7) is 7.60. The standard InChI is InChI=1S/C14H20N4OS/c1-4-5-11-8-12(19)18-13(15-11)20-14(16-18)17-7-6-9(2)10(17)3/h8-10H,4-7H2,1-3H3. The Hall–Kier alpha value is -1.43. The zero-order chi connectivity index (χ0) is 14.3. The van der Waals surface area contributed by atoms with Gasteiger partial charge in [-0.3, -0.25) is 4.79 Å². The highest BCUT2D eigenvalue weighted by Gasteiger charge is 2.29. The zero-order valence-corrected chi connectivity index (χ0v) is 13.0. The van der Waals surface area contributed by atoms with Gasteiger partial charge in [0.1, 0.15) is 0 Å². The molecule has 0 aliphatic carbocycles. The highest BCUT2D eigenvalue weighted by molar-refractivity contribution is 7.20. The van der Waals surface area contributed by atoms with E-state index < -0.39 is 0 Å². The number of nitrogens with zero attached hydrogens (tertiary/aromatic N) is 4. The van der Waals surface area contributed by atoms with Crippen molar-refractivity contribution in [3.8, 4) is 0 Å². The first-order chi connectivity index (χ1) is 9.60. The summed E-state index contributed by atoms with van der Waals surface area (Å²) in [6.07, 6.45) is 3.02. The maximum Gasteiger partial charge on any atom is 0.275 e. The molecule has 3 rings (SSSR count). The molecule has 1 saturated heterocycles. The second kappa shape index (κ2) is 5.16. The van der Waals surface area contributed by atoms with Crippen molar-refractivity contribution in [2.75, 3.05) is 11.4 Å². The van der Waals surface area contributed by atoms with Gasteiger partial charge in [-0.25, -0.2) is 4.98 Å². The summed E-state index contributed by atoms with van der Waals surface area (Å²) in [5.74, 6) is 0.669. The molecule has 108 valence electrons. The lowest BCUT2D eigenvalue weighted by Crippen LogP contribution is -2.29. The number of anilines is 1. The molecule has 20 heavy (non-hydrogen) atoms. The molecule has 1 aliphatic rings. The molecule has 0 bridgehead atoms. The summed E-state index contributed by atoms with van der Waals surface area (Å²) in [4.78, 5) is 19.7. The SMILES string of the molecule is CCCc1cc(=O)n2nc(N3CCC(C)C3C)sc2n1. The van der Waals surface area contributed by atoms with Gasteiger partial charge in [-0.15, -0.1) is 5.10 Å². The Kier molecular flexibility index (Phi) is 3.50. The molecule has 2 unspecified atom stereocenters. The molecular weight excluding hydrogens is 272 g/mol. The van der Waals surface area contributed by atoms with Crippen molar-refractivity contribution in [3.05, 3.63) is 22.1 Å². The minimum atomic E-state index is -0.0687. The minimum Gasteiger partial charge on any atom is -0.344 e. The van der Waals surface area contributed by atoms with Gasteiger partial charge in [0.2, 0.25) is 10.1 Å². The summed E-state index contributed by atoms with van der Waals surface area (Å²) in [5, 5.41) is 5.38. The third-order valence-electron chi connectivity index (χ3n) is 4.18. The molecule has 6 heteroatoms. The Morgan fingerprint density at radius 2 is 2.25 bits per heavy atom. The molecule has 2 atom stereocenters. The normalized spacial score (nSPS) is 22.9. The van der Waals surface area contributed by atoms with Crippen LogP contribution in [-0.2, 0) is 6.42 Å². The number of aryl methyl sites for hydroxylation is 1. The zero-order valence-electron chi connectivity index (χ0n) is 12.2. The Labute approximate surface area is 122 Å². The Morgan fingerprint density at radius 3 is 2.90 bits per heavy atom. The quantitative estimate of drug-likeness (QED) is 0.871. The van der Waals surface area contributed by atoms with E-state index in [-0.39, 0.29) is 5.56 Å². The van der Waals surface area contributed by atoms with Crippen LogP contribution in [0.15, 0.2) is 10.9 Å². The van der Waals surface area contributed by atoms with Crippen LogP contribution in [0.5, 0.6) is 0 Å². The van der Waals surface area contributed by atoms with Gasteiger partial charge in [0.15, 0.2) is 0 Å². The summed E-state index contributed by atoms with van der Waals surface area (Å²) in [6, 6.07) is 2.08. The monoisotopic (exact) mass is 292 g/mol. The molecular formula is C14H20N4OS. The van der Waals surface area contributed by atoms with Crippen molar-refractivity contribution < 1.29 is 0 Å². The third kappa shape index (κ3) is 2.22. The van der Waals surface area contributed by atoms with Crippen LogP contribution in [0, 0.1) is 5.92 Å². The van der Waals surface area contributed by atoms with E-state index in [1.54, 1.807) is 6.07 Å². The number of fused-ring (bicyclic) bond motifs is 1. The average molecular weight is 292 g/mol. The van der Waals surface area contributed by atoms with Crippen molar-refractivity contribution in [1.29, 1.82) is 0 Å². The molecule has 0 spiro atoms. The predicted molar refractivity (Wildman–Crippen MR) is 81.7 cm³/mol. The highest BCUT2D eigenvalue weighted by Crippen LogP contribution is 2.31. The topological polar surface area (TPSA) is 50.5 Å². The summed E-state index contributed by atoms with van der Waals surface area (Å²) >= 11 is 1.52. The van der Waals surface area contributed by atoms with Crippen molar-refractivity contribution in [3.63, 3.8) is 0 Å². The fourth-order valence-corrected chi connectivity index (χ4v) is 3.75. The van der Waals surface area contributed by atoms with Crippen LogP contribution in [0.25, 0.3) is 4.96 Å². The summed E-state index contributed by atoms with van der Waals surface area (Å²) < 4.78 is 1.44. The molecule has 0 aromatic carbocycles. The smallest absolute Gasteiger partial charge is 0.275 e. The van der Waals surface area contributed by atoms with Gasteiger partial charge in [-0.05, 0) is 25.7 Å². The number of aromatic nitrogens is 3. The van der Waals surface area contributed by atoms with E-state index in [4.69, 9.17) is 0 Å². The second-order valence-corrected chi connectivity index (χ2v) is 6.55. The Balaban J connectivity index is 2.02. The van der Waals surface area contributed by atoms with E-state index in [0.717, 1.165) is 30.2 Å². The summed E-state index contributed by atoms with van der Waals surface area (Å²) in [5.41, 5.74) is 0.802. The van der Waals surface area contributed by atoms with Gasteiger partial charge >= 0.3 is 0 Å². The molecule has 0 N–H and O–H groups in total. The highest BCUT2D eigenvalue weighted by atomic mass is 32.1. The van der Waals surface area contributed by atoms with Crippen LogP contribution < -0.4 is 10.5 Å². The van der Waals surface area contributed by atoms with E-state index in [1.165, 1.54) is 22.3 Å². The van der Waals surface area contributed by atoms with Crippen molar-refractivity contribution in [2.24, 2.45) is 5.92 Å². The first kappa shape index (κ1) is 13.5. The summed E-state index contributed by atoms with van der Waals surface area (Å²) in [7, 11) is 0. The van der Waals surface area contributed by atoms with E-state index in [1.807, 2.05) is 0 Å².